The number of anilines is 1. The number of H-pyrrole nitrogens is 1. The Bertz CT molecular complexity index is 725. The Morgan fingerprint density at radius 3 is 2.76 bits per heavy atom. The molecule has 8 heteroatoms. The van der Waals surface area contributed by atoms with E-state index in [-0.39, 0.29) is 5.03 Å². The van der Waals surface area contributed by atoms with E-state index in [4.69, 9.17) is 10.5 Å². The monoisotopic (exact) mass is 310 g/mol. The summed E-state index contributed by atoms with van der Waals surface area (Å²) in [4.78, 5) is 6.75. The molecule has 1 heterocycles. The van der Waals surface area contributed by atoms with Gasteiger partial charge in [-0.15, -0.1) is 0 Å². The minimum absolute atomic E-state index is 0.0179. The van der Waals surface area contributed by atoms with Crippen molar-refractivity contribution in [1.82, 2.24) is 9.97 Å². The second-order valence-electron chi connectivity index (χ2n) is 4.39. The third-order valence-electron chi connectivity index (χ3n) is 2.98. The van der Waals surface area contributed by atoms with Gasteiger partial charge in [0.15, 0.2) is 5.03 Å². The predicted molar refractivity (Wildman–Crippen MR) is 79.7 cm³/mol. The van der Waals surface area contributed by atoms with Crippen molar-refractivity contribution < 1.29 is 13.2 Å². The largest absolute Gasteiger partial charge is 0.495 e. The number of hydrogen-bond acceptors (Lipinski definition) is 5. The number of methoxy groups -OCH3 is 1. The van der Waals surface area contributed by atoms with Gasteiger partial charge >= 0.3 is 0 Å². The van der Waals surface area contributed by atoms with E-state index < -0.39 is 10.0 Å². The molecule has 0 aliphatic rings. The molecule has 0 aliphatic carbocycles. The first-order chi connectivity index (χ1) is 10.00. The van der Waals surface area contributed by atoms with Gasteiger partial charge in [0.2, 0.25) is 0 Å². The van der Waals surface area contributed by atoms with E-state index >= 15 is 0 Å². The number of imidazole rings is 1. The minimum atomic E-state index is -3.73. The number of hydrogen-bond donors (Lipinski definition) is 3. The summed E-state index contributed by atoms with van der Waals surface area (Å²) in [7, 11) is -2.26. The molecule has 0 saturated heterocycles. The summed E-state index contributed by atoms with van der Waals surface area (Å²) >= 11 is 0. The van der Waals surface area contributed by atoms with E-state index in [2.05, 4.69) is 14.7 Å². The number of aryl methyl sites for hydroxylation is 1. The molecule has 1 aromatic heterocycles. The molecule has 7 nitrogen and oxygen atoms in total. The summed E-state index contributed by atoms with van der Waals surface area (Å²) in [6.07, 6.45) is 1.92. The number of nitrogens with one attached hydrogen (secondary N) is 2. The van der Waals surface area contributed by atoms with Crippen LogP contribution in [0.2, 0.25) is 0 Å². The van der Waals surface area contributed by atoms with Crippen LogP contribution >= 0.6 is 0 Å². The first kappa shape index (κ1) is 15.3. The minimum Gasteiger partial charge on any atom is -0.495 e. The number of benzene rings is 1. The fraction of sp³-hybridized carbons (Fsp3) is 0.308. The van der Waals surface area contributed by atoms with Gasteiger partial charge in [-0.1, -0.05) is 13.0 Å². The molecule has 21 heavy (non-hydrogen) atoms. The van der Waals surface area contributed by atoms with Crippen LogP contribution in [0.5, 0.6) is 5.75 Å². The van der Waals surface area contributed by atoms with E-state index in [9.17, 15) is 8.42 Å². The summed E-state index contributed by atoms with van der Waals surface area (Å²) in [6, 6.07) is 5.06. The normalized spacial score (nSPS) is 11.4. The number of nitrogens with two attached hydrogens (primary N) is 1. The van der Waals surface area contributed by atoms with Crippen molar-refractivity contribution in [2.45, 2.75) is 24.9 Å². The number of rotatable bonds is 6. The molecule has 0 aliphatic heterocycles. The lowest BCUT2D eigenvalue weighted by atomic mass is 10.2. The van der Waals surface area contributed by atoms with Gasteiger partial charge in [0.1, 0.15) is 11.6 Å². The number of ether oxygens (including phenoxy) is 1. The van der Waals surface area contributed by atoms with Crippen molar-refractivity contribution >= 4 is 15.7 Å². The molecule has 2 aromatic rings. The Kier molecular flexibility index (Phi) is 4.49. The molecule has 0 atom stereocenters. The van der Waals surface area contributed by atoms with Gasteiger partial charge < -0.3 is 15.5 Å². The van der Waals surface area contributed by atoms with Crippen molar-refractivity contribution in [3.05, 3.63) is 35.8 Å². The van der Waals surface area contributed by atoms with Crippen LogP contribution in [0, 0.1) is 0 Å². The lowest BCUT2D eigenvalue weighted by Crippen LogP contribution is -2.14. The van der Waals surface area contributed by atoms with Gasteiger partial charge in [-0.05, 0) is 17.7 Å². The van der Waals surface area contributed by atoms with Gasteiger partial charge in [-0.2, -0.15) is 8.42 Å². The molecule has 2 rings (SSSR count). The molecule has 0 radical (unpaired) electrons. The number of sulfonamides is 1. The first-order valence-corrected chi connectivity index (χ1v) is 7.92. The highest BCUT2D eigenvalue weighted by Crippen LogP contribution is 2.27. The van der Waals surface area contributed by atoms with Crippen LogP contribution in [-0.2, 0) is 23.0 Å². The van der Waals surface area contributed by atoms with Crippen molar-refractivity contribution in [1.29, 1.82) is 0 Å². The first-order valence-electron chi connectivity index (χ1n) is 6.43. The lowest BCUT2D eigenvalue weighted by molar-refractivity contribution is 0.416. The summed E-state index contributed by atoms with van der Waals surface area (Å²) < 4.78 is 32.2. The molecule has 114 valence electrons. The van der Waals surface area contributed by atoms with Crippen LogP contribution in [0.15, 0.2) is 29.4 Å². The van der Waals surface area contributed by atoms with E-state index in [0.29, 0.717) is 30.2 Å². The Morgan fingerprint density at radius 1 is 1.43 bits per heavy atom. The highest BCUT2D eigenvalue weighted by molar-refractivity contribution is 7.92. The van der Waals surface area contributed by atoms with Crippen LogP contribution in [0.25, 0.3) is 0 Å². The highest BCUT2D eigenvalue weighted by atomic mass is 32.2. The molecule has 4 N–H and O–H groups in total. The molecule has 0 unspecified atom stereocenters. The predicted octanol–water partition coefficient (Wildman–Crippen LogP) is 1.24. The maximum atomic E-state index is 12.3. The standard InChI is InChI=1S/C13H18N4O3S/c1-3-12-15-8-13(16-12)21(18,19)17-10-5-4-9(7-14)6-11(10)20-2/h4-6,8,17H,3,7,14H2,1-2H3,(H,15,16). The molecule has 0 spiro atoms. The van der Waals surface area contributed by atoms with Crippen LogP contribution in [-0.4, -0.2) is 25.5 Å². The van der Waals surface area contributed by atoms with Gasteiger partial charge in [-0.3, -0.25) is 4.72 Å². The van der Waals surface area contributed by atoms with Crippen LogP contribution in [0.1, 0.15) is 18.3 Å². The van der Waals surface area contributed by atoms with Gasteiger partial charge in [-0.25, -0.2) is 4.98 Å². The van der Waals surface area contributed by atoms with Crippen LogP contribution in [0.4, 0.5) is 5.69 Å². The van der Waals surface area contributed by atoms with Crippen molar-refractivity contribution in [3.63, 3.8) is 0 Å². The Hall–Kier alpha value is -2.06. The number of nitrogens with zero attached hydrogens (tertiary/aromatic N) is 1. The fourth-order valence-electron chi connectivity index (χ4n) is 1.81. The fourth-order valence-corrected chi connectivity index (χ4v) is 2.82. The maximum absolute atomic E-state index is 12.3. The van der Waals surface area contributed by atoms with Gasteiger partial charge in [0, 0.05) is 13.0 Å². The molecule has 0 saturated carbocycles. The zero-order valence-corrected chi connectivity index (χ0v) is 12.7. The Morgan fingerprint density at radius 2 is 2.19 bits per heavy atom. The van der Waals surface area contributed by atoms with Crippen molar-refractivity contribution in [2.24, 2.45) is 5.73 Å². The zero-order chi connectivity index (χ0) is 15.5. The van der Waals surface area contributed by atoms with E-state index in [0.717, 1.165) is 5.56 Å². The molecule has 0 bridgehead atoms. The molecular formula is C13H18N4O3S. The average molecular weight is 310 g/mol. The molecule has 0 amide bonds. The van der Waals surface area contributed by atoms with Crippen LogP contribution < -0.4 is 15.2 Å². The third-order valence-corrected chi connectivity index (χ3v) is 4.25. The molecule has 1 aromatic carbocycles. The average Bonchev–Trinajstić information content (AvgIpc) is 2.97. The molecular weight excluding hydrogens is 292 g/mol. The summed E-state index contributed by atoms with van der Waals surface area (Å²) in [6.45, 7) is 2.24. The zero-order valence-electron chi connectivity index (χ0n) is 11.9. The number of aromatic nitrogens is 2. The third kappa shape index (κ3) is 3.34. The van der Waals surface area contributed by atoms with Gasteiger partial charge in [0.05, 0.1) is 19.0 Å². The SMILES string of the molecule is CCc1ncc(S(=O)(=O)Nc2ccc(CN)cc2OC)[nH]1. The van der Waals surface area contributed by atoms with Crippen molar-refractivity contribution in [3.8, 4) is 5.75 Å². The Balaban J connectivity index is 2.32. The summed E-state index contributed by atoms with van der Waals surface area (Å²) in [5.41, 5.74) is 6.75. The quantitative estimate of drug-likeness (QED) is 0.743. The van der Waals surface area contributed by atoms with Crippen molar-refractivity contribution in [2.75, 3.05) is 11.8 Å². The summed E-state index contributed by atoms with van der Waals surface area (Å²) in [5, 5.41) is 0.0179. The van der Waals surface area contributed by atoms with E-state index in [1.807, 2.05) is 6.92 Å². The van der Waals surface area contributed by atoms with E-state index in [1.165, 1.54) is 13.3 Å². The molecule has 0 fully saturated rings. The summed E-state index contributed by atoms with van der Waals surface area (Å²) in [5.74, 6) is 1.03. The maximum Gasteiger partial charge on any atom is 0.279 e. The number of aromatic amines is 1. The topological polar surface area (TPSA) is 110 Å². The highest BCUT2D eigenvalue weighted by Gasteiger charge is 2.19. The lowest BCUT2D eigenvalue weighted by Gasteiger charge is -2.12. The van der Waals surface area contributed by atoms with E-state index in [1.54, 1.807) is 18.2 Å². The van der Waals surface area contributed by atoms with Gasteiger partial charge in [0.25, 0.3) is 10.0 Å². The second-order valence-corrected chi connectivity index (χ2v) is 6.04. The smallest absolute Gasteiger partial charge is 0.279 e. The Labute approximate surface area is 123 Å². The second kappa shape index (κ2) is 6.15. The van der Waals surface area contributed by atoms with Crippen LogP contribution in [0.3, 0.4) is 0 Å².